The van der Waals surface area contributed by atoms with Gasteiger partial charge >= 0.3 is 0 Å². The van der Waals surface area contributed by atoms with Gasteiger partial charge in [-0.25, -0.2) is 0 Å². The van der Waals surface area contributed by atoms with Crippen LogP contribution in [-0.4, -0.2) is 38.6 Å². The van der Waals surface area contributed by atoms with Gasteiger partial charge < -0.3 is 24.1 Å². The highest BCUT2D eigenvalue weighted by Gasteiger charge is 2.38. The molecular formula is C49H40O5. The number of aliphatic hydroxyl groups is 1. The Labute approximate surface area is 315 Å². The van der Waals surface area contributed by atoms with E-state index in [1.165, 1.54) is 32.3 Å². The summed E-state index contributed by atoms with van der Waals surface area (Å²) < 4.78 is 23.7. The highest BCUT2D eigenvalue weighted by molar-refractivity contribution is 6.23. The average molecular weight is 709 g/mol. The van der Waals surface area contributed by atoms with E-state index in [0.717, 1.165) is 44.9 Å². The normalized spacial score (nSPS) is 12.1. The van der Waals surface area contributed by atoms with Gasteiger partial charge in [0.05, 0.1) is 34.0 Å². The molecule has 54 heavy (non-hydrogen) atoms. The van der Waals surface area contributed by atoms with Gasteiger partial charge in [-0.1, -0.05) is 127 Å². The lowest BCUT2D eigenvalue weighted by Gasteiger charge is -2.36. The Morgan fingerprint density at radius 3 is 1.74 bits per heavy atom. The van der Waals surface area contributed by atoms with Gasteiger partial charge in [-0.15, -0.1) is 0 Å². The van der Waals surface area contributed by atoms with Crippen molar-refractivity contribution in [3.05, 3.63) is 191 Å². The molecule has 266 valence electrons. The highest BCUT2D eigenvalue weighted by atomic mass is 16.5. The van der Waals surface area contributed by atoms with Gasteiger partial charge in [0, 0.05) is 11.1 Å². The molecule has 0 amide bonds. The van der Waals surface area contributed by atoms with Crippen LogP contribution in [0.2, 0.25) is 0 Å². The first kappa shape index (κ1) is 34.9. The van der Waals surface area contributed by atoms with Crippen molar-refractivity contribution >= 4 is 32.3 Å². The smallest absolute Gasteiger partial charge is 0.143 e. The molecule has 0 unspecified atom stereocenters. The van der Waals surface area contributed by atoms with E-state index in [4.69, 9.17) is 18.9 Å². The number of methoxy groups -OCH3 is 2. The number of ether oxygens (including phenoxy) is 4. The summed E-state index contributed by atoms with van der Waals surface area (Å²) in [7, 11) is 3.29. The molecule has 0 radical (unpaired) electrons. The molecular weight excluding hydrogens is 669 g/mol. The van der Waals surface area contributed by atoms with E-state index in [1.807, 2.05) is 103 Å². The second-order valence-electron chi connectivity index (χ2n) is 13.4. The number of hydrogen-bond acceptors (Lipinski definition) is 5. The molecule has 0 bridgehead atoms. The second kappa shape index (κ2) is 15.4. The maximum atomic E-state index is 11.2. The molecule has 0 aliphatic carbocycles. The summed E-state index contributed by atoms with van der Waals surface area (Å²) in [6.07, 6.45) is -0.875. The first-order valence-corrected chi connectivity index (χ1v) is 18.1. The Morgan fingerprint density at radius 2 is 1.11 bits per heavy atom. The summed E-state index contributed by atoms with van der Waals surface area (Å²) in [6, 6.07) is 53.3. The van der Waals surface area contributed by atoms with Crippen LogP contribution in [0.5, 0.6) is 11.5 Å². The van der Waals surface area contributed by atoms with E-state index < -0.39 is 11.7 Å². The molecule has 0 fully saturated rings. The summed E-state index contributed by atoms with van der Waals surface area (Å²) in [4.78, 5) is 0. The van der Waals surface area contributed by atoms with Crippen LogP contribution in [0, 0.1) is 11.8 Å². The van der Waals surface area contributed by atoms with Gasteiger partial charge in [0.15, 0.2) is 0 Å². The van der Waals surface area contributed by atoms with Crippen LogP contribution in [0.1, 0.15) is 33.4 Å². The van der Waals surface area contributed by atoms with E-state index in [0.29, 0.717) is 6.61 Å². The van der Waals surface area contributed by atoms with Crippen LogP contribution >= 0.6 is 0 Å². The van der Waals surface area contributed by atoms with Crippen LogP contribution < -0.4 is 9.47 Å². The first-order valence-electron chi connectivity index (χ1n) is 18.1. The van der Waals surface area contributed by atoms with Crippen molar-refractivity contribution in [2.45, 2.75) is 18.3 Å². The minimum absolute atomic E-state index is 0.0323. The van der Waals surface area contributed by atoms with E-state index in [-0.39, 0.29) is 13.2 Å². The molecule has 8 aromatic rings. The zero-order valence-corrected chi connectivity index (χ0v) is 30.3. The van der Waals surface area contributed by atoms with E-state index >= 15 is 0 Å². The number of hydrogen-bond donors (Lipinski definition) is 1. The third-order valence-corrected chi connectivity index (χ3v) is 10.1. The Hall–Kier alpha value is -6.16. The van der Waals surface area contributed by atoms with Crippen molar-refractivity contribution in [1.29, 1.82) is 0 Å². The molecule has 0 saturated carbocycles. The number of rotatable bonds is 12. The predicted molar refractivity (Wildman–Crippen MR) is 216 cm³/mol. The molecule has 0 aliphatic heterocycles. The maximum Gasteiger partial charge on any atom is 0.143 e. The molecule has 0 saturated heterocycles. The largest absolute Gasteiger partial charge is 0.497 e. The third kappa shape index (κ3) is 6.87. The van der Waals surface area contributed by atoms with Crippen molar-refractivity contribution in [1.82, 2.24) is 0 Å². The van der Waals surface area contributed by atoms with Crippen LogP contribution in [0.15, 0.2) is 158 Å². The fourth-order valence-corrected chi connectivity index (χ4v) is 7.32. The minimum Gasteiger partial charge on any atom is -0.497 e. The Bertz CT molecular complexity index is 2490. The molecule has 8 rings (SSSR count). The van der Waals surface area contributed by atoms with Crippen molar-refractivity contribution in [2.24, 2.45) is 0 Å². The van der Waals surface area contributed by atoms with Gasteiger partial charge in [0.1, 0.15) is 23.2 Å². The molecule has 5 heteroatoms. The van der Waals surface area contributed by atoms with E-state index in [1.54, 1.807) is 14.2 Å². The van der Waals surface area contributed by atoms with Crippen LogP contribution in [0.4, 0.5) is 0 Å². The lowest BCUT2D eigenvalue weighted by atomic mass is 9.80. The summed E-state index contributed by atoms with van der Waals surface area (Å²) in [5.41, 5.74) is 4.63. The molecule has 0 spiro atoms. The number of aliphatic hydroxyl groups excluding tert-OH is 1. The average Bonchev–Trinajstić information content (AvgIpc) is 3.23. The Morgan fingerprint density at radius 1 is 0.537 bits per heavy atom. The highest BCUT2D eigenvalue weighted by Crippen LogP contribution is 2.42. The second-order valence-corrected chi connectivity index (χ2v) is 13.4. The van der Waals surface area contributed by atoms with Crippen molar-refractivity contribution in [3.8, 4) is 23.3 Å². The van der Waals surface area contributed by atoms with Gasteiger partial charge in [-0.3, -0.25) is 0 Å². The van der Waals surface area contributed by atoms with Crippen molar-refractivity contribution in [2.75, 3.05) is 27.4 Å². The molecule has 1 atom stereocenters. The standard InChI is InChI=1S/C49H40O5/c1-51-44-26-22-41(23-27-44)49(40-9-4-3-5-10-40,42-24-28-45(52-2)29-25-42)54-33-43(50)32-53-31-35-13-11-34(12-14-35)15-16-36-17-18-39-20-19-37-7-6-8-38-21-30-46(36)48(39)47(37)38/h3-14,17-30,43,50H,31-33H2,1-2H3/t43-/m0/s1. The molecule has 0 aromatic heterocycles. The summed E-state index contributed by atoms with van der Waals surface area (Å²) >= 11 is 0. The van der Waals surface area contributed by atoms with Crippen LogP contribution in [0.25, 0.3) is 32.3 Å². The van der Waals surface area contributed by atoms with E-state index in [9.17, 15) is 5.11 Å². The minimum atomic E-state index is -1.02. The zero-order chi connectivity index (χ0) is 36.9. The fraction of sp³-hybridized carbons (Fsp3) is 0.143. The SMILES string of the molecule is COc1ccc(C(OC[C@@H](O)COCc2ccc(C#Cc3ccc4ccc5cccc6ccc3c4c56)cc2)(c2ccccc2)c2ccc(OC)cc2)cc1. The third-order valence-electron chi connectivity index (χ3n) is 10.1. The molecule has 0 aliphatic rings. The van der Waals surface area contributed by atoms with Gasteiger partial charge in [0.2, 0.25) is 0 Å². The Balaban J connectivity index is 0.952. The van der Waals surface area contributed by atoms with Crippen LogP contribution in [0.3, 0.4) is 0 Å². The molecule has 8 aromatic carbocycles. The summed E-state index contributed by atoms with van der Waals surface area (Å²) in [6.45, 7) is 0.484. The fourth-order valence-electron chi connectivity index (χ4n) is 7.32. The van der Waals surface area contributed by atoms with Crippen molar-refractivity contribution in [3.63, 3.8) is 0 Å². The lowest BCUT2D eigenvalue weighted by molar-refractivity contribution is -0.0662. The molecule has 0 heterocycles. The van der Waals surface area contributed by atoms with E-state index in [2.05, 4.69) is 66.4 Å². The zero-order valence-electron chi connectivity index (χ0n) is 30.3. The van der Waals surface area contributed by atoms with Gasteiger partial charge in [0.25, 0.3) is 0 Å². The maximum absolute atomic E-state index is 11.2. The monoisotopic (exact) mass is 708 g/mol. The predicted octanol–water partition coefficient (Wildman–Crippen LogP) is 9.89. The topological polar surface area (TPSA) is 57.2 Å². The lowest BCUT2D eigenvalue weighted by Crippen LogP contribution is -2.36. The summed E-state index contributed by atoms with van der Waals surface area (Å²) in [5.74, 6) is 8.27. The first-order chi connectivity index (χ1) is 26.6. The van der Waals surface area contributed by atoms with Crippen molar-refractivity contribution < 1.29 is 24.1 Å². The van der Waals surface area contributed by atoms with Crippen LogP contribution in [-0.2, 0) is 21.7 Å². The number of benzene rings is 8. The van der Waals surface area contributed by atoms with Gasteiger partial charge in [-0.05, 0) is 97.0 Å². The molecule has 5 nitrogen and oxygen atoms in total. The molecule has 1 N–H and O–H groups in total. The quantitative estimate of drug-likeness (QED) is 0.0778. The Kier molecular flexibility index (Phi) is 9.98. The summed E-state index contributed by atoms with van der Waals surface area (Å²) in [5, 5.41) is 18.6. The van der Waals surface area contributed by atoms with Gasteiger partial charge in [-0.2, -0.15) is 0 Å².